The van der Waals surface area contributed by atoms with Crippen LogP contribution in [-0.2, 0) is 17.0 Å². The van der Waals surface area contributed by atoms with Gasteiger partial charge in [-0.15, -0.1) is 0 Å². The fourth-order valence-electron chi connectivity index (χ4n) is 5.86. The first-order chi connectivity index (χ1) is 17.6. The number of methoxy groups -OCH3 is 1. The topological polar surface area (TPSA) is 50.6 Å². The molecule has 2 saturated carbocycles. The second-order valence-electron chi connectivity index (χ2n) is 10.9. The third-order valence-corrected chi connectivity index (χ3v) is 8.03. The second kappa shape index (κ2) is 8.08. The molecular formula is C28H29F3N4O2. The Morgan fingerprint density at radius 2 is 1.59 bits per heavy atom. The van der Waals surface area contributed by atoms with E-state index in [2.05, 4.69) is 36.2 Å². The summed E-state index contributed by atoms with van der Waals surface area (Å²) in [4.78, 5) is 17.7. The number of carbonyl (C=O) groups is 1. The summed E-state index contributed by atoms with van der Waals surface area (Å²) in [5.74, 6) is 0.101. The Balaban J connectivity index is 1.42. The molecule has 6 nitrogen and oxygen atoms in total. The number of rotatable bonds is 6. The standard InChI is InChI=1S/C28H29F3N4O2/c1-33(2)16-26(12-13-26)18-4-6-19(7-5-18)34-17-27(14-15-27)22-23(25(34)36)35(32-24(22)28(29,30)31)20-8-10-21(37-3)11-9-20/h4-11H,12-17H2,1-3H3. The zero-order chi connectivity index (χ0) is 26.2. The molecule has 0 bridgehead atoms. The smallest absolute Gasteiger partial charge is 0.435 e. The number of nitrogens with zero attached hydrogens (tertiary/aromatic N) is 4. The number of aromatic nitrogens is 2. The van der Waals surface area contributed by atoms with E-state index in [0.717, 1.165) is 24.1 Å². The number of benzene rings is 2. The van der Waals surface area contributed by atoms with E-state index in [1.807, 2.05) is 12.1 Å². The summed E-state index contributed by atoms with van der Waals surface area (Å²) in [5.41, 5.74) is 0.800. The first kappa shape index (κ1) is 24.0. The van der Waals surface area contributed by atoms with Crippen molar-refractivity contribution in [2.75, 3.05) is 39.2 Å². The van der Waals surface area contributed by atoms with Crippen molar-refractivity contribution < 1.29 is 22.7 Å². The van der Waals surface area contributed by atoms with Crippen molar-refractivity contribution in [1.29, 1.82) is 0 Å². The fraction of sp³-hybridized carbons (Fsp3) is 0.429. The summed E-state index contributed by atoms with van der Waals surface area (Å²) >= 11 is 0. The van der Waals surface area contributed by atoms with Gasteiger partial charge in [0.1, 0.15) is 11.4 Å². The van der Waals surface area contributed by atoms with Gasteiger partial charge >= 0.3 is 6.18 Å². The van der Waals surface area contributed by atoms with Gasteiger partial charge in [-0.2, -0.15) is 18.3 Å². The van der Waals surface area contributed by atoms with E-state index in [0.29, 0.717) is 30.0 Å². The van der Waals surface area contributed by atoms with Gasteiger partial charge < -0.3 is 14.5 Å². The lowest BCUT2D eigenvalue weighted by molar-refractivity contribution is -0.142. The molecule has 0 N–H and O–H groups in total. The summed E-state index contributed by atoms with van der Waals surface area (Å²) in [6, 6.07) is 14.5. The molecule has 1 aliphatic heterocycles. The summed E-state index contributed by atoms with van der Waals surface area (Å²) < 4.78 is 48.9. The number of alkyl halides is 3. The SMILES string of the molecule is COc1ccc(-n2nc(C(F)(F)F)c3c2C(=O)N(c2ccc(C4(CN(C)C)CC4)cc2)CC32CC2)cc1. The molecule has 2 aliphatic carbocycles. The van der Waals surface area contributed by atoms with E-state index in [4.69, 9.17) is 4.74 Å². The number of halogens is 3. The van der Waals surface area contributed by atoms with Gasteiger partial charge in [0.25, 0.3) is 5.91 Å². The minimum absolute atomic E-state index is 0.00316. The van der Waals surface area contributed by atoms with Gasteiger partial charge in [-0.05, 0) is 81.7 Å². The number of hydrogen-bond acceptors (Lipinski definition) is 4. The van der Waals surface area contributed by atoms with Crippen LogP contribution >= 0.6 is 0 Å². The Kier molecular flexibility index (Phi) is 5.25. The first-order valence-electron chi connectivity index (χ1n) is 12.5. The number of fused-ring (bicyclic) bond motifs is 2. The predicted octanol–water partition coefficient (Wildman–Crippen LogP) is 5.18. The lowest BCUT2D eigenvalue weighted by atomic mass is 9.87. The van der Waals surface area contributed by atoms with Crippen LogP contribution in [0.3, 0.4) is 0 Å². The Bertz CT molecular complexity index is 1350. The summed E-state index contributed by atoms with van der Waals surface area (Å²) in [6.07, 6.45) is -1.23. The molecule has 2 fully saturated rings. The van der Waals surface area contributed by atoms with Crippen molar-refractivity contribution in [2.45, 2.75) is 42.7 Å². The van der Waals surface area contributed by atoms with Crippen molar-refractivity contribution in [2.24, 2.45) is 0 Å². The van der Waals surface area contributed by atoms with Gasteiger partial charge in [0.15, 0.2) is 5.69 Å². The van der Waals surface area contributed by atoms with Crippen molar-refractivity contribution in [3.05, 3.63) is 71.0 Å². The molecule has 2 aromatic carbocycles. The van der Waals surface area contributed by atoms with E-state index in [1.165, 1.54) is 12.7 Å². The van der Waals surface area contributed by atoms with Gasteiger partial charge in [0, 0.05) is 35.2 Å². The maximum Gasteiger partial charge on any atom is 0.435 e. The van der Waals surface area contributed by atoms with Crippen molar-refractivity contribution in [3.63, 3.8) is 0 Å². The van der Waals surface area contributed by atoms with E-state index in [1.54, 1.807) is 29.2 Å². The summed E-state index contributed by atoms with van der Waals surface area (Å²) in [5, 5.41) is 3.98. The molecule has 194 valence electrons. The average molecular weight is 511 g/mol. The predicted molar refractivity (Wildman–Crippen MR) is 134 cm³/mol. The molecule has 6 rings (SSSR count). The maximum absolute atomic E-state index is 14.2. The molecule has 3 aromatic rings. The van der Waals surface area contributed by atoms with Crippen molar-refractivity contribution in [1.82, 2.24) is 14.7 Å². The van der Waals surface area contributed by atoms with Crippen LogP contribution in [0.2, 0.25) is 0 Å². The average Bonchev–Trinajstić information content (AvgIpc) is 3.78. The number of carbonyl (C=O) groups excluding carboxylic acids is 1. The molecule has 1 spiro atoms. The van der Waals surface area contributed by atoms with Gasteiger partial charge in [-0.3, -0.25) is 4.79 Å². The number of anilines is 1. The minimum atomic E-state index is -4.66. The third-order valence-electron chi connectivity index (χ3n) is 8.03. The molecule has 0 atom stereocenters. The highest BCUT2D eigenvalue weighted by Crippen LogP contribution is 2.56. The number of hydrogen-bond donors (Lipinski definition) is 0. The van der Waals surface area contributed by atoms with Crippen LogP contribution in [0, 0.1) is 0 Å². The molecule has 1 aromatic heterocycles. The number of ether oxygens (including phenoxy) is 1. The lowest BCUT2D eigenvalue weighted by Crippen LogP contribution is -2.44. The van der Waals surface area contributed by atoms with Crippen LogP contribution in [0.15, 0.2) is 48.5 Å². The second-order valence-corrected chi connectivity index (χ2v) is 10.9. The molecular weight excluding hydrogens is 481 g/mol. The van der Waals surface area contributed by atoms with Crippen LogP contribution in [0.5, 0.6) is 5.75 Å². The van der Waals surface area contributed by atoms with Crippen LogP contribution in [0.25, 0.3) is 5.69 Å². The van der Waals surface area contributed by atoms with E-state index < -0.39 is 23.2 Å². The van der Waals surface area contributed by atoms with Crippen LogP contribution < -0.4 is 9.64 Å². The van der Waals surface area contributed by atoms with E-state index >= 15 is 0 Å². The highest BCUT2D eigenvalue weighted by atomic mass is 19.4. The largest absolute Gasteiger partial charge is 0.497 e. The van der Waals surface area contributed by atoms with Crippen LogP contribution in [-0.4, -0.2) is 54.9 Å². The van der Waals surface area contributed by atoms with Gasteiger partial charge in [-0.25, -0.2) is 4.68 Å². The molecule has 9 heteroatoms. The normalized spacial score (nSPS) is 19.3. The quantitative estimate of drug-likeness (QED) is 0.458. The fourth-order valence-corrected chi connectivity index (χ4v) is 5.86. The highest BCUT2D eigenvalue weighted by molar-refractivity contribution is 6.08. The zero-order valence-corrected chi connectivity index (χ0v) is 21.1. The summed E-state index contributed by atoms with van der Waals surface area (Å²) in [7, 11) is 5.64. The molecule has 2 heterocycles. The third kappa shape index (κ3) is 3.91. The molecule has 0 radical (unpaired) electrons. The van der Waals surface area contributed by atoms with Crippen LogP contribution in [0.4, 0.5) is 18.9 Å². The van der Waals surface area contributed by atoms with Gasteiger partial charge in [-0.1, -0.05) is 12.1 Å². The molecule has 1 amide bonds. The highest BCUT2D eigenvalue weighted by Gasteiger charge is 2.58. The van der Waals surface area contributed by atoms with Gasteiger partial charge in [0.05, 0.1) is 12.8 Å². The Morgan fingerprint density at radius 1 is 0.973 bits per heavy atom. The maximum atomic E-state index is 14.2. The molecule has 0 saturated heterocycles. The zero-order valence-electron chi connectivity index (χ0n) is 21.1. The molecule has 37 heavy (non-hydrogen) atoms. The van der Waals surface area contributed by atoms with Crippen LogP contribution in [0.1, 0.15) is 53.0 Å². The van der Waals surface area contributed by atoms with Crippen molar-refractivity contribution >= 4 is 11.6 Å². The van der Waals surface area contributed by atoms with Crippen molar-refractivity contribution in [3.8, 4) is 11.4 Å². The Hall–Kier alpha value is -3.33. The number of likely N-dealkylation sites (N-methyl/N-ethyl adjacent to an activating group) is 1. The number of amides is 1. The molecule has 0 unspecified atom stereocenters. The van der Waals surface area contributed by atoms with E-state index in [-0.39, 0.29) is 23.2 Å². The van der Waals surface area contributed by atoms with Gasteiger partial charge in [0.2, 0.25) is 0 Å². The first-order valence-corrected chi connectivity index (χ1v) is 12.5. The monoisotopic (exact) mass is 510 g/mol. The minimum Gasteiger partial charge on any atom is -0.497 e. The van der Waals surface area contributed by atoms with E-state index in [9.17, 15) is 18.0 Å². The summed E-state index contributed by atoms with van der Waals surface area (Å²) in [6.45, 7) is 1.18. The Labute approximate surface area is 213 Å². The lowest BCUT2D eigenvalue weighted by Gasteiger charge is -2.34. The Morgan fingerprint density at radius 3 is 2.11 bits per heavy atom. The molecule has 3 aliphatic rings.